The number of benzene rings is 1. The molecule has 98 valence electrons. The zero-order chi connectivity index (χ0) is 13.6. The van der Waals surface area contributed by atoms with Crippen LogP contribution < -0.4 is 0 Å². The first-order valence-corrected chi connectivity index (χ1v) is 6.36. The average molecular weight is 246 g/mol. The van der Waals surface area contributed by atoms with Gasteiger partial charge in [0.15, 0.2) is 0 Å². The third-order valence-corrected chi connectivity index (χ3v) is 2.71. The number of hydrogen-bond acceptors (Lipinski definition) is 2. The summed E-state index contributed by atoms with van der Waals surface area (Å²) >= 11 is 0. The van der Waals surface area contributed by atoms with Crippen molar-refractivity contribution in [2.24, 2.45) is 0 Å². The Morgan fingerprint density at radius 2 is 1.83 bits per heavy atom. The smallest absolute Gasteiger partial charge is 0.330 e. The molecule has 0 saturated carbocycles. The Labute approximate surface area is 110 Å². The molecule has 18 heavy (non-hydrogen) atoms. The lowest BCUT2D eigenvalue weighted by molar-refractivity contribution is -0.137. The summed E-state index contributed by atoms with van der Waals surface area (Å²) in [6, 6.07) is 8.51. The van der Waals surface area contributed by atoms with Gasteiger partial charge in [-0.15, -0.1) is 0 Å². The zero-order valence-corrected chi connectivity index (χ0v) is 11.7. The van der Waals surface area contributed by atoms with Gasteiger partial charge in [-0.05, 0) is 29.9 Å². The summed E-state index contributed by atoms with van der Waals surface area (Å²) in [6.45, 7) is 8.81. The Balaban J connectivity index is 2.57. The molecular formula is C16H22O2. The molecule has 1 aromatic carbocycles. The monoisotopic (exact) mass is 246 g/mol. The van der Waals surface area contributed by atoms with Gasteiger partial charge >= 0.3 is 5.97 Å². The Bertz CT molecular complexity index is 408. The number of carbonyl (C=O) groups excluding carboxylic acids is 1. The number of carbonyl (C=O) groups is 1. The molecule has 2 heteroatoms. The number of allylic oxidation sites excluding steroid dienone is 1. The normalized spacial score (nSPS) is 11.8. The molecule has 0 bridgehead atoms. The molecule has 0 saturated heterocycles. The van der Waals surface area contributed by atoms with Gasteiger partial charge in [0, 0.05) is 6.08 Å². The van der Waals surface area contributed by atoms with Crippen molar-refractivity contribution in [3.8, 4) is 0 Å². The van der Waals surface area contributed by atoms with E-state index in [0.717, 1.165) is 6.42 Å². The van der Waals surface area contributed by atoms with Crippen molar-refractivity contribution in [3.05, 3.63) is 47.5 Å². The average Bonchev–Trinajstić information content (AvgIpc) is 2.29. The van der Waals surface area contributed by atoms with Crippen LogP contribution in [0.25, 0.3) is 0 Å². The first-order valence-electron chi connectivity index (χ1n) is 6.36. The molecular weight excluding hydrogens is 224 g/mol. The number of esters is 1. The molecule has 0 radical (unpaired) electrons. The Morgan fingerprint density at radius 3 is 2.33 bits per heavy atom. The van der Waals surface area contributed by atoms with Crippen molar-refractivity contribution >= 4 is 5.97 Å². The molecule has 0 N–H and O–H groups in total. The Kier molecular flexibility index (Phi) is 5.14. The van der Waals surface area contributed by atoms with Crippen molar-refractivity contribution in [2.75, 3.05) is 6.61 Å². The van der Waals surface area contributed by atoms with Crippen LogP contribution in [0.5, 0.6) is 0 Å². The van der Waals surface area contributed by atoms with Crippen molar-refractivity contribution in [1.29, 1.82) is 0 Å². The van der Waals surface area contributed by atoms with Crippen LogP contribution in [-0.2, 0) is 21.4 Å². The van der Waals surface area contributed by atoms with Gasteiger partial charge in [-0.1, -0.05) is 51.1 Å². The molecule has 0 unspecified atom stereocenters. The minimum atomic E-state index is -0.274. The first kappa shape index (κ1) is 14.5. The Hall–Kier alpha value is -1.57. The van der Waals surface area contributed by atoms with E-state index in [1.165, 1.54) is 17.2 Å². The van der Waals surface area contributed by atoms with Crippen LogP contribution in [0.2, 0.25) is 0 Å². The Morgan fingerprint density at radius 1 is 1.22 bits per heavy atom. The minimum Gasteiger partial charge on any atom is -0.463 e. The van der Waals surface area contributed by atoms with Gasteiger partial charge in [-0.3, -0.25) is 0 Å². The third kappa shape index (κ3) is 4.74. The van der Waals surface area contributed by atoms with E-state index in [-0.39, 0.29) is 11.4 Å². The third-order valence-electron chi connectivity index (χ3n) is 2.71. The first-order chi connectivity index (χ1) is 8.43. The molecule has 0 aromatic heterocycles. The summed E-state index contributed by atoms with van der Waals surface area (Å²) in [6.07, 6.45) is 4.08. The lowest BCUT2D eigenvalue weighted by Gasteiger charge is -2.18. The molecule has 1 aromatic rings. The fraction of sp³-hybridized carbons (Fsp3) is 0.438. The highest BCUT2D eigenvalue weighted by Crippen LogP contribution is 2.22. The maximum absolute atomic E-state index is 11.1. The van der Waals surface area contributed by atoms with E-state index in [9.17, 15) is 4.79 Å². The van der Waals surface area contributed by atoms with E-state index in [4.69, 9.17) is 4.74 Å². The van der Waals surface area contributed by atoms with Crippen LogP contribution in [0.3, 0.4) is 0 Å². The predicted molar refractivity (Wildman–Crippen MR) is 74.6 cm³/mol. The van der Waals surface area contributed by atoms with Crippen LogP contribution in [0, 0.1) is 0 Å². The highest BCUT2D eigenvalue weighted by atomic mass is 16.5. The van der Waals surface area contributed by atoms with Gasteiger partial charge < -0.3 is 4.74 Å². The molecule has 0 fully saturated rings. The standard InChI is InChI=1S/C16H22O2/c1-5-18-15(17)8-6-7-13-9-11-14(12-10-13)16(2,3)4/h6,8-12H,5,7H2,1-4H3/b8-6+. The molecule has 2 nitrogen and oxygen atoms in total. The van der Waals surface area contributed by atoms with Gasteiger partial charge in [-0.25, -0.2) is 4.79 Å². The van der Waals surface area contributed by atoms with Crippen LogP contribution in [0.15, 0.2) is 36.4 Å². The molecule has 1 rings (SSSR count). The second kappa shape index (κ2) is 6.39. The lowest BCUT2D eigenvalue weighted by Crippen LogP contribution is -2.10. The molecule has 0 atom stereocenters. The predicted octanol–water partition coefficient (Wildman–Crippen LogP) is 3.65. The number of ether oxygens (including phenoxy) is 1. The molecule has 0 aliphatic carbocycles. The van der Waals surface area contributed by atoms with E-state index in [1.54, 1.807) is 6.92 Å². The number of hydrogen-bond donors (Lipinski definition) is 0. The SMILES string of the molecule is CCOC(=O)/C=C/Cc1ccc(C(C)(C)C)cc1. The van der Waals surface area contributed by atoms with Gasteiger partial charge in [-0.2, -0.15) is 0 Å². The molecule has 0 amide bonds. The van der Waals surface area contributed by atoms with Crippen LogP contribution >= 0.6 is 0 Å². The second-order valence-corrected chi connectivity index (χ2v) is 5.31. The van der Waals surface area contributed by atoms with Crippen LogP contribution in [0.1, 0.15) is 38.8 Å². The maximum atomic E-state index is 11.1. The molecule has 0 spiro atoms. The summed E-state index contributed by atoms with van der Waals surface area (Å²) in [4.78, 5) is 11.1. The summed E-state index contributed by atoms with van der Waals surface area (Å²) < 4.78 is 4.82. The maximum Gasteiger partial charge on any atom is 0.330 e. The summed E-state index contributed by atoms with van der Waals surface area (Å²) in [5, 5.41) is 0. The van der Waals surface area contributed by atoms with E-state index >= 15 is 0 Å². The van der Waals surface area contributed by atoms with Crippen LogP contribution in [0.4, 0.5) is 0 Å². The van der Waals surface area contributed by atoms with Gasteiger partial charge in [0.2, 0.25) is 0 Å². The van der Waals surface area contributed by atoms with E-state index in [1.807, 2.05) is 6.08 Å². The summed E-state index contributed by atoms with van der Waals surface area (Å²) in [5.41, 5.74) is 2.70. The molecule has 0 heterocycles. The largest absolute Gasteiger partial charge is 0.463 e. The van der Waals surface area contributed by atoms with Crippen molar-refractivity contribution in [3.63, 3.8) is 0 Å². The summed E-state index contributed by atoms with van der Waals surface area (Å²) in [7, 11) is 0. The minimum absolute atomic E-state index is 0.180. The van der Waals surface area contributed by atoms with Crippen molar-refractivity contribution in [1.82, 2.24) is 0 Å². The van der Waals surface area contributed by atoms with Crippen LogP contribution in [-0.4, -0.2) is 12.6 Å². The van der Waals surface area contributed by atoms with E-state index in [0.29, 0.717) is 6.61 Å². The second-order valence-electron chi connectivity index (χ2n) is 5.31. The highest BCUT2D eigenvalue weighted by molar-refractivity contribution is 5.81. The number of rotatable bonds is 4. The molecule has 0 aliphatic rings. The quantitative estimate of drug-likeness (QED) is 0.599. The zero-order valence-electron chi connectivity index (χ0n) is 11.7. The topological polar surface area (TPSA) is 26.3 Å². The lowest BCUT2D eigenvalue weighted by atomic mass is 9.86. The summed E-state index contributed by atoms with van der Waals surface area (Å²) in [5.74, 6) is -0.274. The van der Waals surface area contributed by atoms with Crippen molar-refractivity contribution < 1.29 is 9.53 Å². The van der Waals surface area contributed by atoms with Gasteiger partial charge in [0.1, 0.15) is 0 Å². The molecule has 0 aliphatic heterocycles. The van der Waals surface area contributed by atoms with Gasteiger partial charge in [0.25, 0.3) is 0 Å². The fourth-order valence-electron chi connectivity index (χ4n) is 1.62. The van der Waals surface area contributed by atoms with Gasteiger partial charge in [0.05, 0.1) is 6.61 Å². The van der Waals surface area contributed by atoms with E-state index in [2.05, 4.69) is 45.0 Å². The highest BCUT2D eigenvalue weighted by Gasteiger charge is 2.12. The van der Waals surface area contributed by atoms with E-state index < -0.39 is 0 Å². The van der Waals surface area contributed by atoms with Crippen molar-refractivity contribution in [2.45, 2.75) is 39.5 Å². The fourth-order valence-corrected chi connectivity index (χ4v) is 1.62.